The van der Waals surface area contributed by atoms with Crippen LogP contribution in [0.3, 0.4) is 0 Å². The number of halogens is 1. The molecule has 196 valence electrons. The molecule has 0 radical (unpaired) electrons. The van der Waals surface area contributed by atoms with Crippen molar-refractivity contribution in [2.75, 3.05) is 16.1 Å². The lowest BCUT2D eigenvalue weighted by molar-refractivity contribution is -0.117. The van der Waals surface area contributed by atoms with Crippen LogP contribution < -0.4 is 33.1 Å². The van der Waals surface area contributed by atoms with E-state index in [-0.39, 0.29) is 11.8 Å². The third-order valence-electron chi connectivity index (χ3n) is 5.79. The molecule has 38 heavy (non-hydrogen) atoms. The number of carbonyl (C=O) groups excluding carboxylic acids is 2. The third-order valence-corrected chi connectivity index (χ3v) is 6.02. The van der Waals surface area contributed by atoms with Gasteiger partial charge in [-0.15, -0.1) is 0 Å². The number of carbonyl (C=O) groups is 2. The topological polar surface area (TPSA) is 181 Å². The maximum atomic E-state index is 12.9. The highest BCUT2D eigenvalue weighted by Gasteiger charge is 2.19. The molecule has 0 unspecified atom stereocenters. The lowest BCUT2D eigenvalue weighted by Crippen LogP contribution is -2.30. The van der Waals surface area contributed by atoms with E-state index in [1.807, 2.05) is 12.2 Å². The number of fused-ring (bicyclic) bond motifs is 4. The van der Waals surface area contributed by atoms with Crippen LogP contribution >= 0.6 is 11.6 Å². The molecule has 2 aromatic carbocycles. The molecule has 0 saturated heterocycles. The lowest BCUT2D eigenvalue weighted by Gasteiger charge is -2.16. The summed E-state index contributed by atoms with van der Waals surface area (Å²) >= 11 is 6.14. The number of aromatic nitrogens is 2. The Hall–Kier alpha value is -4.61. The van der Waals surface area contributed by atoms with E-state index in [2.05, 4.69) is 20.7 Å². The summed E-state index contributed by atoms with van der Waals surface area (Å²) in [5, 5.41) is 11.0. The largest absolute Gasteiger partial charge is 0.399 e. The number of nitrogen functional groups attached to an aromatic ring is 1. The fourth-order valence-electron chi connectivity index (χ4n) is 3.97. The van der Waals surface area contributed by atoms with Gasteiger partial charge in [0.15, 0.2) is 0 Å². The Balaban J connectivity index is 1.59. The van der Waals surface area contributed by atoms with Crippen LogP contribution in [0.2, 0.25) is 5.02 Å². The third kappa shape index (κ3) is 6.58. The SMILES string of the molecule is N/N=C\N(N)c1ccc(Cl)cc1/C=C/C(=O)N[C@H]1C/C=C/CCC(=O)Nc2cc(N)ccc2-c2c[nH]c1n2. The number of H-pyrrole nitrogens is 1. The van der Waals surface area contributed by atoms with Crippen LogP contribution in [-0.4, -0.2) is 28.1 Å². The minimum absolute atomic E-state index is 0.124. The molecule has 1 aromatic heterocycles. The minimum Gasteiger partial charge on any atom is -0.399 e. The number of anilines is 3. The first kappa shape index (κ1) is 26.5. The number of rotatable bonds is 5. The summed E-state index contributed by atoms with van der Waals surface area (Å²) in [7, 11) is 0. The molecule has 0 spiro atoms. The number of hydrazone groups is 1. The van der Waals surface area contributed by atoms with Crippen LogP contribution in [0.4, 0.5) is 17.1 Å². The summed E-state index contributed by atoms with van der Waals surface area (Å²) in [6.07, 6.45) is 11.1. The quantitative estimate of drug-likeness (QED) is 0.0552. The second kappa shape index (κ2) is 12.1. The molecule has 1 aliphatic rings. The molecule has 12 heteroatoms. The summed E-state index contributed by atoms with van der Waals surface area (Å²) in [5.74, 6) is 11.2. The first-order valence-electron chi connectivity index (χ1n) is 11.8. The van der Waals surface area contributed by atoms with E-state index >= 15 is 0 Å². The average molecular weight is 534 g/mol. The number of imidazole rings is 1. The van der Waals surface area contributed by atoms with E-state index in [1.165, 1.54) is 17.4 Å². The van der Waals surface area contributed by atoms with Crippen molar-refractivity contribution in [3.05, 3.63) is 77.2 Å². The molecule has 2 amide bonds. The zero-order valence-corrected chi connectivity index (χ0v) is 21.2. The molecule has 4 rings (SSSR count). The molecule has 2 bridgehead atoms. The number of hydrazine groups is 1. The number of hydrogen-bond acceptors (Lipinski definition) is 7. The van der Waals surface area contributed by atoms with Gasteiger partial charge in [-0.1, -0.05) is 23.8 Å². The number of hydrogen-bond donors (Lipinski definition) is 6. The highest BCUT2D eigenvalue weighted by molar-refractivity contribution is 6.30. The zero-order chi connectivity index (χ0) is 27.1. The second-order valence-corrected chi connectivity index (χ2v) is 8.98. The van der Waals surface area contributed by atoms with Gasteiger partial charge in [0.05, 0.1) is 23.1 Å². The van der Waals surface area contributed by atoms with Gasteiger partial charge >= 0.3 is 0 Å². The maximum Gasteiger partial charge on any atom is 0.244 e. The fourth-order valence-corrected chi connectivity index (χ4v) is 4.15. The minimum atomic E-state index is -0.451. The van der Waals surface area contributed by atoms with Gasteiger partial charge in [0.2, 0.25) is 11.8 Å². The van der Waals surface area contributed by atoms with Gasteiger partial charge in [-0.25, -0.2) is 10.8 Å². The van der Waals surface area contributed by atoms with Crippen molar-refractivity contribution in [1.82, 2.24) is 15.3 Å². The van der Waals surface area contributed by atoms with Crippen LogP contribution in [0.5, 0.6) is 0 Å². The molecule has 0 saturated carbocycles. The fraction of sp³-hybridized carbons (Fsp3) is 0.154. The van der Waals surface area contributed by atoms with Crippen molar-refractivity contribution >= 4 is 52.9 Å². The first-order valence-corrected chi connectivity index (χ1v) is 12.2. The normalized spacial score (nSPS) is 16.7. The standard InChI is InChI=1S/C26H28ClN9O2/c27-17-7-10-23(36(30)15-32-29)16(12-17)6-11-25(38)33-20-4-2-1-3-5-24(37)34-21-13-18(28)8-9-19(21)22-14-31-26(20)35-22/h1-2,6-15,20H,3-5,28-30H2,(H,31,35)(H,33,38)(H,34,37)/b2-1+,11-6+,32-15-/t20-/m0/s1. The average Bonchev–Trinajstić information content (AvgIpc) is 3.36. The van der Waals surface area contributed by atoms with E-state index in [0.29, 0.717) is 64.0 Å². The van der Waals surface area contributed by atoms with E-state index in [4.69, 9.17) is 34.0 Å². The predicted molar refractivity (Wildman–Crippen MR) is 151 cm³/mol. The summed E-state index contributed by atoms with van der Waals surface area (Å²) in [6, 6.07) is 9.83. The Morgan fingerprint density at radius 1 is 1.24 bits per heavy atom. The van der Waals surface area contributed by atoms with Crippen LogP contribution in [0.15, 0.2) is 65.9 Å². The van der Waals surface area contributed by atoms with Gasteiger partial charge in [-0.05, 0) is 55.3 Å². The molecule has 9 N–H and O–H groups in total. The number of nitrogens with two attached hydrogens (primary N) is 3. The highest BCUT2D eigenvalue weighted by Crippen LogP contribution is 2.30. The monoisotopic (exact) mass is 533 g/mol. The first-order chi connectivity index (χ1) is 18.3. The van der Waals surface area contributed by atoms with Gasteiger partial charge in [-0.2, -0.15) is 5.10 Å². The Labute approximate surface area is 224 Å². The molecular weight excluding hydrogens is 506 g/mol. The van der Waals surface area contributed by atoms with E-state index < -0.39 is 6.04 Å². The summed E-state index contributed by atoms with van der Waals surface area (Å²) in [6.45, 7) is 0. The molecule has 0 fully saturated rings. The molecule has 1 atom stereocenters. The maximum absolute atomic E-state index is 12.9. The summed E-state index contributed by atoms with van der Waals surface area (Å²) in [5.41, 5.74) is 9.52. The Morgan fingerprint density at radius 3 is 2.89 bits per heavy atom. The van der Waals surface area contributed by atoms with Crippen molar-refractivity contribution in [3.8, 4) is 11.3 Å². The van der Waals surface area contributed by atoms with Crippen LogP contribution in [0, 0.1) is 0 Å². The second-order valence-electron chi connectivity index (χ2n) is 8.54. The molecule has 2 heterocycles. The number of nitrogens with zero attached hydrogens (tertiary/aromatic N) is 3. The van der Waals surface area contributed by atoms with Crippen LogP contribution in [0.25, 0.3) is 17.3 Å². The number of benzene rings is 2. The van der Waals surface area contributed by atoms with Crippen molar-refractivity contribution in [2.24, 2.45) is 16.8 Å². The summed E-state index contributed by atoms with van der Waals surface area (Å²) < 4.78 is 0. The lowest BCUT2D eigenvalue weighted by atomic mass is 10.1. The van der Waals surface area contributed by atoms with Crippen LogP contribution in [0.1, 0.15) is 36.7 Å². The predicted octanol–water partition coefficient (Wildman–Crippen LogP) is 3.44. The molecule has 1 aliphatic heterocycles. The smallest absolute Gasteiger partial charge is 0.244 e. The number of amides is 2. The van der Waals surface area contributed by atoms with Crippen molar-refractivity contribution < 1.29 is 9.59 Å². The molecule has 3 aromatic rings. The van der Waals surface area contributed by atoms with Gasteiger partial charge in [-0.3, -0.25) is 14.6 Å². The van der Waals surface area contributed by atoms with Gasteiger partial charge < -0.3 is 27.2 Å². The van der Waals surface area contributed by atoms with E-state index in [0.717, 1.165) is 0 Å². The van der Waals surface area contributed by atoms with Crippen molar-refractivity contribution in [3.63, 3.8) is 0 Å². The Kier molecular flexibility index (Phi) is 8.41. The van der Waals surface area contributed by atoms with Crippen molar-refractivity contribution in [1.29, 1.82) is 0 Å². The Bertz CT molecular complexity index is 1410. The Morgan fingerprint density at radius 2 is 2.08 bits per heavy atom. The van der Waals surface area contributed by atoms with Gasteiger partial charge in [0.1, 0.15) is 12.2 Å². The highest BCUT2D eigenvalue weighted by atomic mass is 35.5. The molecule has 0 aliphatic carbocycles. The summed E-state index contributed by atoms with van der Waals surface area (Å²) in [4.78, 5) is 33.2. The molecule has 11 nitrogen and oxygen atoms in total. The zero-order valence-electron chi connectivity index (χ0n) is 20.4. The number of allylic oxidation sites excluding steroid dienone is 1. The van der Waals surface area contributed by atoms with E-state index in [9.17, 15) is 9.59 Å². The van der Waals surface area contributed by atoms with Gasteiger partial charge in [0.25, 0.3) is 0 Å². The number of aromatic amines is 1. The van der Waals surface area contributed by atoms with Gasteiger partial charge in [0, 0.05) is 40.5 Å². The van der Waals surface area contributed by atoms with Crippen LogP contribution in [-0.2, 0) is 9.59 Å². The molecular formula is C26H28ClN9O2. The van der Waals surface area contributed by atoms with E-state index in [1.54, 1.807) is 48.7 Å². The number of nitrogens with one attached hydrogen (secondary N) is 3. The van der Waals surface area contributed by atoms with Crippen molar-refractivity contribution in [2.45, 2.75) is 25.3 Å².